The maximum Gasteiger partial charge on any atom is 0.228 e. The molecule has 0 aliphatic rings. The molecule has 0 bridgehead atoms. The second-order valence-electron chi connectivity index (χ2n) is 3.99. The molecular formula is C15H9FO2. The summed E-state index contributed by atoms with van der Waals surface area (Å²) in [6.45, 7) is 0. The summed E-state index contributed by atoms with van der Waals surface area (Å²) in [6, 6.07) is 14.8. The van der Waals surface area contributed by atoms with Crippen LogP contribution in [0.5, 0.6) is 0 Å². The highest BCUT2D eigenvalue weighted by Gasteiger charge is 2.07. The molecule has 0 atom stereocenters. The highest BCUT2D eigenvalue weighted by atomic mass is 19.1. The third-order valence-electron chi connectivity index (χ3n) is 2.84. The smallest absolute Gasteiger partial charge is 0.228 e. The van der Waals surface area contributed by atoms with Crippen LogP contribution in [0, 0.1) is 5.82 Å². The number of hydrogen-bond acceptors (Lipinski definition) is 2. The zero-order valence-electron chi connectivity index (χ0n) is 9.39. The van der Waals surface area contributed by atoms with Crippen molar-refractivity contribution in [2.24, 2.45) is 0 Å². The van der Waals surface area contributed by atoms with Crippen LogP contribution in [0.3, 0.4) is 0 Å². The molecule has 1 heterocycles. The standard InChI is InChI=1S/C15H9FO2/c16-13-9-18-14-7-6-11(8-12(14)15(13)17)10-4-2-1-3-5-10/h1-9H. The first-order valence-electron chi connectivity index (χ1n) is 5.52. The zero-order chi connectivity index (χ0) is 12.5. The monoisotopic (exact) mass is 240 g/mol. The molecule has 2 nitrogen and oxygen atoms in total. The van der Waals surface area contributed by atoms with Gasteiger partial charge >= 0.3 is 0 Å². The Morgan fingerprint density at radius 3 is 2.50 bits per heavy atom. The van der Waals surface area contributed by atoms with Crippen molar-refractivity contribution >= 4 is 11.0 Å². The van der Waals surface area contributed by atoms with Crippen LogP contribution < -0.4 is 5.43 Å². The van der Waals surface area contributed by atoms with Gasteiger partial charge in [0.15, 0.2) is 0 Å². The van der Waals surface area contributed by atoms with Gasteiger partial charge in [0.1, 0.15) is 11.8 Å². The average molecular weight is 240 g/mol. The van der Waals surface area contributed by atoms with Gasteiger partial charge in [0.25, 0.3) is 0 Å². The van der Waals surface area contributed by atoms with E-state index in [-0.39, 0.29) is 5.39 Å². The first-order chi connectivity index (χ1) is 8.75. The minimum atomic E-state index is -0.868. The number of benzene rings is 2. The number of halogens is 1. The topological polar surface area (TPSA) is 30.2 Å². The summed E-state index contributed by atoms with van der Waals surface area (Å²) in [6.07, 6.45) is 0.840. The average Bonchev–Trinajstić information content (AvgIpc) is 2.44. The van der Waals surface area contributed by atoms with E-state index in [4.69, 9.17) is 4.42 Å². The molecule has 0 amide bonds. The largest absolute Gasteiger partial charge is 0.461 e. The van der Waals surface area contributed by atoms with Crippen LogP contribution in [0.2, 0.25) is 0 Å². The lowest BCUT2D eigenvalue weighted by atomic mass is 10.0. The molecule has 0 radical (unpaired) electrons. The van der Waals surface area contributed by atoms with Gasteiger partial charge in [-0.2, -0.15) is 4.39 Å². The first kappa shape index (κ1) is 10.7. The van der Waals surface area contributed by atoms with Gasteiger partial charge in [-0.05, 0) is 23.3 Å². The van der Waals surface area contributed by atoms with Crippen molar-refractivity contribution in [1.29, 1.82) is 0 Å². The number of rotatable bonds is 1. The quantitative estimate of drug-likeness (QED) is 0.650. The lowest BCUT2D eigenvalue weighted by Crippen LogP contribution is -2.05. The molecule has 0 N–H and O–H groups in total. The van der Waals surface area contributed by atoms with Crippen LogP contribution in [-0.2, 0) is 0 Å². The second-order valence-corrected chi connectivity index (χ2v) is 3.99. The maximum absolute atomic E-state index is 13.2. The van der Waals surface area contributed by atoms with Crippen LogP contribution in [0.1, 0.15) is 0 Å². The molecular weight excluding hydrogens is 231 g/mol. The van der Waals surface area contributed by atoms with Crippen molar-refractivity contribution in [1.82, 2.24) is 0 Å². The van der Waals surface area contributed by atoms with Crippen molar-refractivity contribution < 1.29 is 8.81 Å². The third kappa shape index (κ3) is 1.70. The van der Waals surface area contributed by atoms with E-state index >= 15 is 0 Å². The van der Waals surface area contributed by atoms with E-state index < -0.39 is 11.2 Å². The van der Waals surface area contributed by atoms with Gasteiger partial charge < -0.3 is 4.42 Å². The number of hydrogen-bond donors (Lipinski definition) is 0. The molecule has 3 rings (SSSR count). The molecule has 88 valence electrons. The van der Waals surface area contributed by atoms with Crippen LogP contribution in [-0.4, -0.2) is 0 Å². The maximum atomic E-state index is 13.2. The fourth-order valence-electron chi connectivity index (χ4n) is 1.92. The molecule has 0 fully saturated rings. The lowest BCUT2D eigenvalue weighted by molar-refractivity contribution is 0.520. The van der Waals surface area contributed by atoms with E-state index in [1.165, 1.54) is 0 Å². The zero-order valence-corrected chi connectivity index (χ0v) is 9.39. The summed E-state index contributed by atoms with van der Waals surface area (Å²) >= 11 is 0. The van der Waals surface area contributed by atoms with Crippen molar-refractivity contribution in [3.05, 3.63) is 70.8 Å². The van der Waals surface area contributed by atoms with Crippen LogP contribution in [0.4, 0.5) is 4.39 Å². The minimum absolute atomic E-state index is 0.261. The molecule has 0 aliphatic carbocycles. The van der Waals surface area contributed by atoms with E-state index in [2.05, 4.69) is 0 Å². The van der Waals surface area contributed by atoms with Crippen molar-refractivity contribution in [2.45, 2.75) is 0 Å². The minimum Gasteiger partial charge on any atom is -0.461 e. The Balaban J connectivity index is 2.29. The predicted molar refractivity (Wildman–Crippen MR) is 67.9 cm³/mol. The highest BCUT2D eigenvalue weighted by Crippen LogP contribution is 2.22. The van der Waals surface area contributed by atoms with Gasteiger partial charge in [0, 0.05) is 0 Å². The Labute approximate surface area is 102 Å². The van der Waals surface area contributed by atoms with Crippen molar-refractivity contribution in [3.8, 4) is 11.1 Å². The lowest BCUT2D eigenvalue weighted by Gasteiger charge is -2.02. The van der Waals surface area contributed by atoms with Gasteiger partial charge in [-0.25, -0.2) is 0 Å². The Morgan fingerprint density at radius 2 is 1.72 bits per heavy atom. The highest BCUT2D eigenvalue weighted by molar-refractivity contribution is 5.82. The van der Waals surface area contributed by atoms with E-state index in [1.807, 2.05) is 36.4 Å². The number of fused-ring (bicyclic) bond motifs is 1. The van der Waals surface area contributed by atoms with Gasteiger partial charge in [-0.15, -0.1) is 0 Å². The molecule has 2 aromatic carbocycles. The van der Waals surface area contributed by atoms with Gasteiger partial charge in [-0.1, -0.05) is 36.4 Å². The fourth-order valence-corrected chi connectivity index (χ4v) is 1.92. The summed E-state index contributed by atoms with van der Waals surface area (Å²) in [5, 5.41) is 0.261. The van der Waals surface area contributed by atoms with Crippen LogP contribution in [0.15, 0.2) is 64.0 Å². The molecule has 0 saturated carbocycles. The Morgan fingerprint density at radius 1 is 0.944 bits per heavy atom. The summed E-state index contributed by atoms with van der Waals surface area (Å²) in [5.41, 5.74) is 1.60. The van der Waals surface area contributed by atoms with Gasteiger partial charge in [-0.3, -0.25) is 4.79 Å². The predicted octanol–water partition coefficient (Wildman–Crippen LogP) is 3.60. The van der Waals surface area contributed by atoms with Gasteiger partial charge in [0.05, 0.1) is 5.39 Å². The SMILES string of the molecule is O=c1c(F)coc2ccc(-c3ccccc3)cc12. The Hall–Kier alpha value is -2.42. The molecule has 1 aromatic heterocycles. The van der Waals surface area contributed by atoms with Crippen LogP contribution in [0.25, 0.3) is 22.1 Å². The van der Waals surface area contributed by atoms with E-state index in [1.54, 1.807) is 12.1 Å². The van der Waals surface area contributed by atoms with E-state index in [0.29, 0.717) is 5.58 Å². The van der Waals surface area contributed by atoms with Crippen LogP contribution >= 0.6 is 0 Å². The summed E-state index contributed by atoms with van der Waals surface area (Å²) < 4.78 is 18.2. The fraction of sp³-hybridized carbons (Fsp3) is 0. The molecule has 0 unspecified atom stereocenters. The van der Waals surface area contributed by atoms with Gasteiger partial charge in [0.2, 0.25) is 11.2 Å². The second kappa shape index (κ2) is 4.11. The normalized spacial score (nSPS) is 10.7. The summed E-state index contributed by atoms with van der Waals surface area (Å²) in [5.74, 6) is -0.868. The van der Waals surface area contributed by atoms with E-state index in [0.717, 1.165) is 17.4 Å². The van der Waals surface area contributed by atoms with Crippen molar-refractivity contribution in [3.63, 3.8) is 0 Å². The van der Waals surface area contributed by atoms with Crippen molar-refractivity contribution in [2.75, 3.05) is 0 Å². The first-order valence-corrected chi connectivity index (χ1v) is 5.52. The van der Waals surface area contributed by atoms with E-state index in [9.17, 15) is 9.18 Å². The molecule has 3 aromatic rings. The Bertz CT molecular complexity index is 760. The summed E-state index contributed by atoms with van der Waals surface area (Å²) in [7, 11) is 0. The molecule has 0 saturated heterocycles. The molecule has 3 heteroatoms. The third-order valence-corrected chi connectivity index (χ3v) is 2.84. The summed E-state index contributed by atoms with van der Waals surface area (Å²) in [4.78, 5) is 11.7. The molecule has 0 aliphatic heterocycles. The Kier molecular flexibility index (Phi) is 2.45. The molecule has 18 heavy (non-hydrogen) atoms. The molecule has 0 spiro atoms.